The van der Waals surface area contributed by atoms with E-state index in [0.29, 0.717) is 21.4 Å². The number of hydrogen-bond acceptors (Lipinski definition) is 2. The highest BCUT2D eigenvalue weighted by Crippen LogP contribution is 2.29. The summed E-state index contributed by atoms with van der Waals surface area (Å²) in [6.07, 6.45) is 0. The number of halogens is 3. The Morgan fingerprint density at radius 2 is 1.75 bits per heavy atom. The molecule has 3 nitrogen and oxygen atoms in total. The standard InChI is InChI=1S/C14H11Cl2FN2O/c15-11-5-2-6-12(16)14(11)18-8-13(20)19-10-4-1-3-9(17)7-10/h1-7,18H,8H2,(H,19,20). The van der Waals surface area contributed by atoms with Gasteiger partial charge in [-0.15, -0.1) is 0 Å². The van der Waals surface area contributed by atoms with Gasteiger partial charge in [-0.25, -0.2) is 4.39 Å². The lowest BCUT2D eigenvalue weighted by Crippen LogP contribution is -2.22. The minimum atomic E-state index is -0.412. The normalized spacial score (nSPS) is 10.2. The van der Waals surface area contributed by atoms with Gasteiger partial charge < -0.3 is 10.6 Å². The van der Waals surface area contributed by atoms with Crippen LogP contribution >= 0.6 is 23.2 Å². The van der Waals surface area contributed by atoms with E-state index in [9.17, 15) is 9.18 Å². The van der Waals surface area contributed by atoms with E-state index in [1.807, 2.05) is 0 Å². The Bertz CT molecular complexity index is 614. The van der Waals surface area contributed by atoms with E-state index in [0.717, 1.165) is 0 Å². The van der Waals surface area contributed by atoms with Crippen molar-refractivity contribution in [1.82, 2.24) is 0 Å². The van der Waals surface area contributed by atoms with Gasteiger partial charge >= 0.3 is 0 Å². The maximum Gasteiger partial charge on any atom is 0.243 e. The van der Waals surface area contributed by atoms with Crippen LogP contribution in [0.5, 0.6) is 0 Å². The summed E-state index contributed by atoms with van der Waals surface area (Å²) in [7, 11) is 0. The van der Waals surface area contributed by atoms with E-state index < -0.39 is 5.82 Å². The molecule has 0 aliphatic carbocycles. The molecule has 0 aliphatic rings. The predicted octanol–water partition coefficient (Wildman–Crippen LogP) is 4.18. The topological polar surface area (TPSA) is 41.1 Å². The van der Waals surface area contributed by atoms with Gasteiger partial charge in [-0.3, -0.25) is 4.79 Å². The third-order valence-electron chi connectivity index (χ3n) is 2.50. The molecule has 104 valence electrons. The Kier molecular flexibility index (Phi) is 4.82. The Morgan fingerprint density at radius 1 is 1.10 bits per heavy atom. The minimum Gasteiger partial charge on any atom is -0.374 e. The van der Waals surface area contributed by atoms with Gasteiger partial charge in [-0.05, 0) is 30.3 Å². The first-order chi connectivity index (χ1) is 9.56. The third-order valence-corrected chi connectivity index (χ3v) is 3.13. The molecule has 2 aromatic carbocycles. The smallest absolute Gasteiger partial charge is 0.243 e. The van der Waals surface area contributed by atoms with Crippen molar-refractivity contribution in [2.75, 3.05) is 17.2 Å². The molecule has 0 heterocycles. The van der Waals surface area contributed by atoms with Gasteiger partial charge in [0.25, 0.3) is 0 Å². The van der Waals surface area contributed by atoms with Gasteiger partial charge in [0.1, 0.15) is 5.82 Å². The summed E-state index contributed by atoms with van der Waals surface area (Å²) in [6, 6.07) is 10.7. The zero-order valence-electron chi connectivity index (χ0n) is 10.3. The summed E-state index contributed by atoms with van der Waals surface area (Å²) in [4.78, 5) is 11.7. The first kappa shape index (κ1) is 14.6. The highest BCUT2D eigenvalue weighted by molar-refractivity contribution is 6.39. The molecule has 0 atom stereocenters. The Balaban J connectivity index is 1.96. The maximum absolute atomic E-state index is 13.0. The summed E-state index contributed by atoms with van der Waals surface area (Å²) >= 11 is 11.9. The van der Waals surface area contributed by atoms with Crippen LogP contribution in [0.4, 0.5) is 15.8 Å². The molecule has 2 rings (SSSR count). The van der Waals surface area contributed by atoms with Crippen LogP contribution in [0.3, 0.4) is 0 Å². The molecule has 20 heavy (non-hydrogen) atoms. The van der Waals surface area contributed by atoms with Crippen LogP contribution in [0.1, 0.15) is 0 Å². The lowest BCUT2D eigenvalue weighted by molar-refractivity contribution is -0.114. The van der Waals surface area contributed by atoms with Crippen LogP contribution in [0, 0.1) is 5.82 Å². The molecule has 6 heteroatoms. The van der Waals surface area contributed by atoms with E-state index in [1.165, 1.54) is 18.2 Å². The average molecular weight is 313 g/mol. The van der Waals surface area contributed by atoms with E-state index in [1.54, 1.807) is 24.3 Å². The number of benzene rings is 2. The Hall–Kier alpha value is -1.78. The summed E-state index contributed by atoms with van der Waals surface area (Å²) in [5, 5.41) is 6.26. The van der Waals surface area contributed by atoms with Gasteiger partial charge in [0.2, 0.25) is 5.91 Å². The van der Waals surface area contributed by atoms with Crippen molar-refractivity contribution >= 4 is 40.5 Å². The van der Waals surface area contributed by atoms with Gasteiger partial charge in [-0.1, -0.05) is 35.3 Å². The van der Waals surface area contributed by atoms with Gasteiger partial charge in [0.05, 0.1) is 22.3 Å². The van der Waals surface area contributed by atoms with Crippen molar-refractivity contribution in [2.45, 2.75) is 0 Å². The summed E-state index contributed by atoms with van der Waals surface area (Å²) < 4.78 is 13.0. The molecule has 0 fully saturated rings. The first-order valence-corrected chi connectivity index (χ1v) is 6.55. The second-order valence-corrected chi connectivity index (χ2v) is 4.82. The van der Waals surface area contributed by atoms with Gasteiger partial charge in [-0.2, -0.15) is 0 Å². The molecule has 0 saturated heterocycles. The van der Waals surface area contributed by atoms with Gasteiger partial charge in [0, 0.05) is 5.69 Å². The summed E-state index contributed by atoms with van der Waals surface area (Å²) in [6.45, 7) is -0.0278. The van der Waals surface area contributed by atoms with E-state index in [2.05, 4.69) is 10.6 Å². The molecule has 1 amide bonds. The second-order valence-electron chi connectivity index (χ2n) is 4.01. The van der Waals surface area contributed by atoms with Crippen molar-refractivity contribution in [3.8, 4) is 0 Å². The van der Waals surface area contributed by atoms with Crippen LogP contribution in [-0.2, 0) is 4.79 Å². The first-order valence-electron chi connectivity index (χ1n) is 5.79. The molecular formula is C14H11Cl2FN2O. The maximum atomic E-state index is 13.0. The van der Waals surface area contributed by atoms with Crippen LogP contribution in [0.25, 0.3) is 0 Å². The minimum absolute atomic E-state index is 0.0278. The number of hydrogen-bond donors (Lipinski definition) is 2. The lowest BCUT2D eigenvalue weighted by atomic mass is 10.3. The van der Waals surface area contributed by atoms with Crippen LogP contribution in [0.2, 0.25) is 10.0 Å². The molecule has 0 unspecified atom stereocenters. The van der Waals surface area contributed by atoms with Crippen molar-refractivity contribution in [1.29, 1.82) is 0 Å². The molecule has 2 N–H and O–H groups in total. The Morgan fingerprint density at radius 3 is 2.40 bits per heavy atom. The molecule has 0 radical (unpaired) electrons. The number of para-hydroxylation sites is 1. The zero-order chi connectivity index (χ0) is 14.5. The lowest BCUT2D eigenvalue weighted by Gasteiger charge is -2.10. The molecule has 0 saturated carbocycles. The largest absolute Gasteiger partial charge is 0.374 e. The fraction of sp³-hybridized carbons (Fsp3) is 0.0714. The molecular weight excluding hydrogens is 302 g/mol. The molecule has 0 bridgehead atoms. The second kappa shape index (κ2) is 6.59. The fourth-order valence-electron chi connectivity index (χ4n) is 1.61. The van der Waals surface area contributed by atoms with E-state index in [-0.39, 0.29) is 12.5 Å². The van der Waals surface area contributed by atoms with Gasteiger partial charge in [0.15, 0.2) is 0 Å². The summed E-state index contributed by atoms with van der Waals surface area (Å²) in [5.41, 5.74) is 0.882. The number of nitrogens with one attached hydrogen (secondary N) is 2. The van der Waals surface area contributed by atoms with Crippen molar-refractivity contribution < 1.29 is 9.18 Å². The molecule has 0 spiro atoms. The number of amides is 1. The number of rotatable bonds is 4. The van der Waals surface area contributed by atoms with Crippen molar-refractivity contribution in [3.63, 3.8) is 0 Å². The SMILES string of the molecule is O=C(CNc1c(Cl)cccc1Cl)Nc1cccc(F)c1. The quantitative estimate of drug-likeness (QED) is 0.889. The highest BCUT2D eigenvalue weighted by atomic mass is 35.5. The fourth-order valence-corrected chi connectivity index (χ4v) is 2.14. The Labute approximate surface area is 125 Å². The van der Waals surface area contributed by atoms with Crippen LogP contribution in [-0.4, -0.2) is 12.5 Å². The highest BCUT2D eigenvalue weighted by Gasteiger charge is 2.08. The monoisotopic (exact) mass is 312 g/mol. The van der Waals surface area contributed by atoms with Crippen LogP contribution in [0.15, 0.2) is 42.5 Å². The van der Waals surface area contributed by atoms with E-state index in [4.69, 9.17) is 23.2 Å². The van der Waals surface area contributed by atoms with Crippen molar-refractivity contribution in [3.05, 3.63) is 58.3 Å². The average Bonchev–Trinajstić information content (AvgIpc) is 2.38. The number of anilines is 2. The molecule has 0 aliphatic heterocycles. The third kappa shape index (κ3) is 3.85. The summed E-state index contributed by atoms with van der Waals surface area (Å²) in [5.74, 6) is -0.739. The molecule has 2 aromatic rings. The zero-order valence-corrected chi connectivity index (χ0v) is 11.8. The molecule has 0 aromatic heterocycles. The van der Waals surface area contributed by atoms with Crippen molar-refractivity contribution in [2.24, 2.45) is 0 Å². The predicted molar refractivity (Wildman–Crippen MR) is 80.0 cm³/mol. The van der Waals surface area contributed by atoms with Crippen LogP contribution < -0.4 is 10.6 Å². The van der Waals surface area contributed by atoms with E-state index >= 15 is 0 Å². The number of carbonyl (C=O) groups is 1. The number of carbonyl (C=O) groups excluding carboxylic acids is 1.